The summed E-state index contributed by atoms with van der Waals surface area (Å²) in [6.45, 7) is 6.15. The van der Waals surface area contributed by atoms with Gasteiger partial charge < -0.3 is 17.0 Å². The van der Waals surface area contributed by atoms with Crippen molar-refractivity contribution in [1.29, 1.82) is 0 Å². The van der Waals surface area contributed by atoms with Gasteiger partial charge in [-0.1, -0.05) is 13.2 Å². The Morgan fingerprint density at radius 2 is 1.86 bits per heavy atom. The van der Waals surface area contributed by atoms with Gasteiger partial charge in [0.1, 0.15) is 6.61 Å². The van der Waals surface area contributed by atoms with Gasteiger partial charge in [-0.15, -0.1) is 0 Å². The summed E-state index contributed by atoms with van der Waals surface area (Å²) < 4.78 is 4.33. The largest absolute Gasteiger partial charge is 1.00 e. The minimum atomic E-state index is -0.501. The number of carbonyl (C=O) groups is 2. The average molecular weight is 211 g/mol. The molecule has 3 N–H and O–H groups in total. The van der Waals surface area contributed by atoms with Gasteiger partial charge in [0.15, 0.2) is 0 Å². The summed E-state index contributed by atoms with van der Waals surface area (Å²) in [6.07, 6.45) is 2.11. The van der Waals surface area contributed by atoms with Crippen molar-refractivity contribution in [3.05, 3.63) is 25.3 Å². The molecule has 0 saturated heterocycles. The second kappa shape index (κ2) is 14.9. The van der Waals surface area contributed by atoms with Crippen LogP contribution in [0.5, 0.6) is 0 Å². The molecule has 76 valence electrons. The monoisotopic (exact) mass is 211 g/mol. The third kappa shape index (κ3) is 22.5. The fourth-order valence-electron chi connectivity index (χ4n) is 0.205. The summed E-state index contributed by atoms with van der Waals surface area (Å²) in [6, 6.07) is 0. The van der Waals surface area contributed by atoms with Gasteiger partial charge in [-0.05, 0) is 6.08 Å². The van der Waals surface area contributed by atoms with E-state index in [1.54, 1.807) is 0 Å². The van der Waals surface area contributed by atoms with Crippen LogP contribution in [-0.2, 0) is 14.3 Å². The number of ether oxygens (including phenoxy) is 1. The third-order valence-electron chi connectivity index (χ3n) is 0.703. The Morgan fingerprint density at radius 1 is 1.43 bits per heavy atom. The van der Waals surface area contributed by atoms with Gasteiger partial charge in [0.05, 0.1) is 6.61 Å². The SMILES string of the molecule is C=CC(=O)OCCO.C=CC(N)=O.[H-].[Na+]. The number of hydrogen-bond donors (Lipinski definition) is 2. The molecule has 0 bridgehead atoms. The summed E-state index contributed by atoms with van der Waals surface area (Å²) in [7, 11) is 0. The van der Waals surface area contributed by atoms with Crippen LogP contribution < -0.4 is 35.3 Å². The molecule has 0 saturated carbocycles. The molecule has 0 rings (SSSR count). The van der Waals surface area contributed by atoms with E-state index in [-0.39, 0.29) is 44.2 Å². The van der Waals surface area contributed by atoms with Crippen LogP contribution in [-0.4, -0.2) is 30.2 Å². The zero-order valence-electron chi connectivity index (χ0n) is 9.23. The predicted molar refractivity (Wildman–Crippen MR) is 48.7 cm³/mol. The van der Waals surface area contributed by atoms with E-state index in [2.05, 4.69) is 23.6 Å². The van der Waals surface area contributed by atoms with Crippen molar-refractivity contribution in [2.24, 2.45) is 5.73 Å². The van der Waals surface area contributed by atoms with E-state index in [1.165, 1.54) is 0 Å². The van der Waals surface area contributed by atoms with Crippen molar-refractivity contribution in [2.45, 2.75) is 0 Å². The van der Waals surface area contributed by atoms with Crippen molar-refractivity contribution < 1.29 is 50.4 Å². The minimum Gasteiger partial charge on any atom is -1.00 e. The standard InChI is InChI=1S/C5H8O3.C3H5NO.Na.H/c1-2-5(7)8-4-3-6;1-2-3(4)5;;/h2,6H,1,3-4H2;2H,1H2,(H2,4,5);;/q;;+1;-1. The fourth-order valence-corrected chi connectivity index (χ4v) is 0.205. The number of carbonyl (C=O) groups excluding carboxylic acids is 2. The van der Waals surface area contributed by atoms with Crippen LogP contribution in [0, 0.1) is 0 Å². The molecule has 5 nitrogen and oxygen atoms in total. The van der Waals surface area contributed by atoms with Crippen molar-refractivity contribution in [3.8, 4) is 0 Å². The maximum absolute atomic E-state index is 10.1. The molecule has 0 aromatic rings. The van der Waals surface area contributed by atoms with Crippen LogP contribution in [0.15, 0.2) is 25.3 Å². The van der Waals surface area contributed by atoms with Gasteiger partial charge in [0, 0.05) is 6.08 Å². The molecule has 0 aromatic heterocycles. The molecular weight excluding hydrogens is 197 g/mol. The zero-order valence-corrected chi connectivity index (χ0v) is 10.2. The summed E-state index contributed by atoms with van der Waals surface area (Å²) in [5.41, 5.74) is 4.53. The van der Waals surface area contributed by atoms with Crippen molar-refractivity contribution in [2.75, 3.05) is 13.2 Å². The first-order valence-electron chi connectivity index (χ1n) is 3.40. The molecule has 0 aliphatic carbocycles. The van der Waals surface area contributed by atoms with Crippen LogP contribution >= 0.6 is 0 Å². The maximum Gasteiger partial charge on any atom is 1.00 e. The first-order chi connectivity index (χ1) is 6.08. The van der Waals surface area contributed by atoms with Crippen LogP contribution in [0.1, 0.15) is 1.43 Å². The number of esters is 1. The summed E-state index contributed by atoms with van der Waals surface area (Å²) in [5, 5.41) is 8.10. The number of amides is 1. The fraction of sp³-hybridized carbons (Fsp3) is 0.250. The normalized spacial score (nSPS) is 6.93. The molecule has 0 heterocycles. The van der Waals surface area contributed by atoms with Crippen molar-refractivity contribution in [3.63, 3.8) is 0 Å². The summed E-state index contributed by atoms with van der Waals surface area (Å²) in [5.74, 6) is -0.982. The second-order valence-electron chi connectivity index (χ2n) is 1.70. The number of aliphatic hydroxyl groups excluding tert-OH is 1. The van der Waals surface area contributed by atoms with E-state index in [0.717, 1.165) is 12.2 Å². The molecule has 14 heavy (non-hydrogen) atoms. The Labute approximate surface area is 106 Å². The molecule has 6 heteroatoms. The van der Waals surface area contributed by atoms with Gasteiger partial charge in [-0.25, -0.2) is 4.79 Å². The molecule has 0 aliphatic heterocycles. The number of rotatable bonds is 4. The first-order valence-corrected chi connectivity index (χ1v) is 3.40. The summed E-state index contributed by atoms with van der Waals surface area (Å²) >= 11 is 0. The molecular formula is C8H14NNaO4. The first kappa shape index (κ1) is 19.0. The Hall–Kier alpha value is -0.620. The van der Waals surface area contributed by atoms with E-state index >= 15 is 0 Å². The Balaban J connectivity index is -0.0000000770. The predicted octanol–water partition coefficient (Wildman–Crippen LogP) is -3.52. The van der Waals surface area contributed by atoms with E-state index in [1.807, 2.05) is 0 Å². The Morgan fingerprint density at radius 3 is 2.07 bits per heavy atom. The van der Waals surface area contributed by atoms with Gasteiger partial charge in [-0.2, -0.15) is 0 Å². The number of nitrogens with two attached hydrogens (primary N) is 1. The Bertz CT molecular complexity index is 199. The smallest absolute Gasteiger partial charge is 1.00 e. The zero-order chi connectivity index (χ0) is 10.7. The molecule has 0 fully saturated rings. The molecule has 0 atom stereocenters. The maximum atomic E-state index is 10.1. The van der Waals surface area contributed by atoms with E-state index in [4.69, 9.17) is 5.11 Å². The topological polar surface area (TPSA) is 89.6 Å². The van der Waals surface area contributed by atoms with Crippen LogP contribution in [0.2, 0.25) is 0 Å². The van der Waals surface area contributed by atoms with Crippen LogP contribution in [0.3, 0.4) is 0 Å². The van der Waals surface area contributed by atoms with E-state index < -0.39 is 11.9 Å². The molecule has 0 aliphatic rings. The molecule has 0 unspecified atom stereocenters. The number of aliphatic hydroxyl groups is 1. The second-order valence-corrected chi connectivity index (χ2v) is 1.70. The van der Waals surface area contributed by atoms with Crippen molar-refractivity contribution >= 4 is 11.9 Å². The molecule has 0 spiro atoms. The van der Waals surface area contributed by atoms with E-state index in [0.29, 0.717) is 0 Å². The molecule has 0 radical (unpaired) electrons. The van der Waals surface area contributed by atoms with Gasteiger partial charge >= 0.3 is 35.5 Å². The average Bonchev–Trinajstić information content (AvgIpc) is 2.15. The van der Waals surface area contributed by atoms with Gasteiger partial charge in [0.25, 0.3) is 0 Å². The summed E-state index contributed by atoms with van der Waals surface area (Å²) in [4.78, 5) is 19.6. The Kier molecular flexibility index (Phi) is 20.2. The van der Waals surface area contributed by atoms with Crippen LogP contribution in [0.4, 0.5) is 0 Å². The third-order valence-corrected chi connectivity index (χ3v) is 0.703. The van der Waals surface area contributed by atoms with E-state index in [9.17, 15) is 9.59 Å². The van der Waals surface area contributed by atoms with Crippen LogP contribution in [0.25, 0.3) is 0 Å². The molecule has 0 aromatic carbocycles. The quantitative estimate of drug-likeness (QED) is 0.286. The molecule has 1 amide bonds. The number of primary amides is 1. The van der Waals surface area contributed by atoms with Crippen molar-refractivity contribution in [1.82, 2.24) is 0 Å². The van der Waals surface area contributed by atoms with Gasteiger partial charge in [0.2, 0.25) is 5.91 Å². The minimum absolute atomic E-state index is 0. The van der Waals surface area contributed by atoms with Gasteiger partial charge in [-0.3, -0.25) is 4.79 Å². The number of hydrogen-bond acceptors (Lipinski definition) is 4.